The number of unbranched alkanes of at least 4 members (excludes halogenated alkanes) is 3. The summed E-state index contributed by atoms with van der Waals surface area (Å²) in [6.45, 7) is 4.64. The van der Waals surface area contributed by atoms with Crippen molar-refractivity contribution in [1.82, 2.24) is 0 Å². The molecule has 0 heterocycles. The minimum atomic E-state index is -4.25. The number of phosphoric acid groups is 1. The minimum absolute atomic E-state index is 0.161. The van der Waals surface area contributed by atoms with Crippen molar-refractivity contribution in [3.05, 3.63) is 0 Å². The molecule has 2 N–H and O–H groups in total. The summed E-state index contributed by atoms with van der Waals surface area (Å²) in [4.78, 5) is 16.9. The third-order valence-corrected chi connectivity index (χ3v) is 3.15. The maximum atomic E-state index is 10.4. The summed E-state index contributed by atoms with van der Waals surface area (Å²) < 4.78 is 14.7. The van der Waals surface area contributed by atoms with Gasteiger partial charge in [0.05, 0.1) is 6.61 Å². The first-order valence-corrected chi connectivity index (χ1v) is 7.69. The van der Waals surface area contributed by atoms with E-state index in [-0.39, 0.29) is 6.61 Å². The Bertz CT molecular complexity index is 202. The Labute approximate surface area is 98.6 Å². The van der Waals surface area contributed by atoms with Gasteiger partial charge in [-0.15, -0.1) is 0 Å². The van der Waals surface area contributed by atoms with Crippen LogP contribution in [0, 0.1) is 5.92 Å². The summed E-state index contributed by atoms with van der Waals surface area (Å²) in [5.74, 6) is 0.802. The fourth-order valence-corrected chi connectivity index (χ4v) is 2.14. The van der Waals surface area contributed by atoms with Crippen molar-refractivity contribution in [2.24, 2.45) is 5.92 Å². The Kier molecular flexibility index (Phi) is 9.24. The molecule has 0 fully saturated rings. The van der Waals surface area contributed by atoms with Crippen LogP contribution >= 0.6 is 7.82 Å². The van der Waals surface area contributed by atoms with Gasteiger partial charge in [-0.25, -0.2) is 4.57 Å². The van der Waals surface area contributed by atoms with Crippen LogP contribution in [0.4, 0.5) is 0 Å². The molecule has 4 nitrogen and oxygen atoms in total. The average molecular weight is 252 g/mol. The third-order valence-electron chi connectivity index (χ3n) is 2.63. The summed E-state index contributed by atoms with van der Waals surface area (Å²) in [5.41, 5.74) is 0. The first kappa shape index (κ1) is 16.1. The zero-order chi connectivity index (χ0) is 12.4. The van der Waals surface area contributed by atoms with E-state index in [0.717, 1.165) is 25.2 Å². The highest BCUT2D eigenvalue weighted by Gasteiger charge is 2.12. The van der Waals surface area contributed by atoms with Crippen LogP contribution in [0.1, 0.15) is 58.8 Å². The molecule has 0 bridgehead atoms. The Morgan fingerprint density at radius 2 is 1.75 bits per heavy atom. The fraction of sp³-hybridized carbons (Fsp3) is 1.00. The van der Waals surface area contributed by atoms with Crippen LogP contribution in [-0.2, 0) is 9.09 Å². The molecule has 0 aliphatic heterocycles. The highest BCUT2D eigenvalue weighted by atomic mass is 31.2. The van der Waals surface area contributed by atoms with E-state index in [0.29, 0.717) is 0 Å². The number of rotatable bonds is 10. The van der Waals surface area contributed by atoms with Crippen molar-refractivity contribution in [3.63, 3.8) is 0 Å². The second-order valence-corrected chi connectivity index (χ2v) is 5.66. The van der Waals surface area contributed by atoms with Crippen molar-refractivity contribution < 1.29 is 18.9 Å². The van der Waals surface area contributed by atoms with E-state index in [9.17, 15) is 4.57 Å². The molecule has 16 heavy (non-hydrogen) atoms. The summed E-state index contributed by atoms with van der Waals surface area (Å²) in [7, 11) is -4.25. The first-order valence-electron chi connectivity index (χ1n) is 6.15. The van der Waals surface area contributed by atoms with Crippen LogP contribution in [-0.4, -0.2) is 16.4 Å². The van der Waals surface area contributed by atoms with E-state index in [1.807, 2.05) is 0 Å². The lowest BCUT2D eigenvalue weighted by Crippen LogP contribution is -1.95. The van der Waals surface area contributed by atoms with Crippen molar-refractivity contribution in [1.29, 1.82) is 0 Å². The van der Waals surface area contributed by atoms with E-state index in [4.69, 9.17) is 9.79 Å². The predicted molar refractivity (Wildman–Crippen MR) is 65.2 cm³/mol. The molecule has 0 spiro atoms. The summed E-state index contributed by atoms with van der Waals surface area (Å²) >= 11 is 0. The van der Waals surface area contributed by atoms with E-state index in [1.54, 1.807) is 0 Å². The smallest absolute Gasteiger partial charge is 0.303 e. The summed E-state index contributed by atoms with van der Waals surface area (Å²) in [6, 6.07) is 0. The van der Waals surface area contributed by atoms with Crippen molar-refractivity contribution in [2.45, 2.75) is 58.8 Å². The molecule has 0 aliphatic rings. The van der Waals surface area contributed by atoms with Gasteiger partial charge >= 0.3 is 7.82 Å². The third kappa shape index (κ3) is 12.2. The molecule has 0 radical (unpaired) electrons. The van der Waals surface area contributed by atoms with E-state index < -0.39 is 7.82 Å². The molecule has 0 amide bonds. The monoisotopic (exact) mass is 252 g/mol. The topological polar surface area (TPSA) is 66.8 Å². The average Bonchev–Trinajstić information content (AvgIpc) is 2.15. The molecule has 0 aromatic carbocycles. The quantitative estimate of drug-likeness (QED) is 0.461. The van der Waals surface area contributed by atoms with E-state index in [1.165, 1.54) is 25.7 Å². The number of phosphoric ester groups is 1. The molecule has 0 saturated heterocycles. The largest absolute Gasteiger partial charge is 0.469 e. The van der Waals surface area contributed by atoms with Gasteiger partial charge in [0, 0.05) is 0 Å². The van der Waals surface area contributed by atoms with Crippen molar-refractivity contribution >= 4 is 7.82 Å². The molecule has 1 unspecified atom stereocenters. The van der Waals surface area contributed by atoms with Gasteiger partial charge in [0.2, 0.25) is 0 Å². The second kappa shape index (κ2) is 9.17. The maximum absolute atomic E-state index is 10.4. The molecule has 0 aliphatic carbocycles. The van der Waals surface area contributed by atoms with Gasteiger partial charge in [-0.3, -0.25) is 4.52 Å². The zero-order valence-corrected chi connectivity index (χ0v) is 11.3. The highest BCUT2D eigenvalue weighted by molar-refractivity contribution is 7.46. The normalized spacial score (nSPS) is 14.0. The molecule has 0 saturated carbocycles. The lowest BCUT2D eigenvalue weighted by Gasteiger charge is -2.09. The summed E-state index contributed by atoms with van der Waals surface area (Å²) in [5, 5.41) is 0. The summed E-state index contributed by atoms with van der Waals surface area (Å²) in [6.07, 6.45) is 7.84. The minimum Gasteiger partial charge on any atom is -0.303 e. The van der Waals surface area contributed by atoms with Crippen LogP contribution < -0.4 is 0 Å². The predicted octanol–water partition coefficient (Wildman–Crippen LogP) is 3.48. The number of hydrogen-bond acceptors (Lipinski definition) is 2. The van der Waals surface area contributed by atoms with Crippen molar-refractivity contribution in [3.8, 4) is 0 Å². The zero-order valence-electron chi connectivity index (χ0n) is 10.4. The van der Waals surface area contributed by atoms with Gasteiger partial charge in [0.25, 0.3) is 0 Å². The van der Waals surface area contributed by atoms with Gasteiger partial charge < -0.3 is 9.79 Å². The molecule has 1 atom stereocenters. The highest BCUT2D eigenvalue weighted by Crippen LogP contribution is 2.35. The van der Waals surface area contributed by atoms with Crippen LogP contribution in [0.3, 0.4) is 0 Å². The Balaban J connectivity index is 3.19. The molecular weight excluding hydrogens is 227 g/mol. The van der Waals surface area contributed by atoms with Gasteiger partial charge in [-0.1, -0.05) is 52.4 Å². The lowest BCUT2D eigenvalue weighted by molar-refractivity contribution is 0.193. The molecule has 98 valence electrons. The fourth-order valence-electron chi connectivity index (χ4n) is 1.77. The van der Waals surface area contributed by atoms with Crippen LogP contribution in [0.2, 0.25) is 0 Å². The molecule has 5 heteroatoms. The van der Waals surface area contributed by atoms with E-state index >= 15 is 0 Å². The van der Waals surface area contributed by atoms with Gasteiger partial charge in [-0.05, 0) is 12.3 Å². The van der Waals surface area contributed by atoms with Crippen molar-refractivity contribution in [2.75, 3.05) is 6.61 Å². The van der Waals surface area contributed by atoms with Gasteiger partial charge in [0.1, 0.15) is 0 Å². The molecule has 0 aromatic rings. The van der Waals surface area contributed by atoms with Gasteiger partial charge in [0.15, 0.2) is 0 Å². The number of hydrogen-bond donors (Lipinski definition) is 2. The Morgan fingerprint density at radius 3 is 2.31 bits per heavy atom. The maximum Gasteiger partial charge on any atom is 0.469 e. The Hall–Kier alpha value is 0.110. The SMILES string of the molecule is CCCC(C)CCCCCCOP(=O)(O)O. The van der Waals surface area contributed by atoms with Crippen LogP contribution in [0.5, 0.6) is 0 Å². The van der Waals surface area contributed by atoms with Crippen LogP contribution in [0.25, 0.3) is 0 Å². The standard InChI is InChI=1S/C11H25O4P/c1-3-8-11(2)9-6-4-5-7-10-15-16(12,13)14/h11H,3-10H2,1-2H3,(H2,12,13,14). The molecule has 0 rings (SSSR count). The Morgan fingerprint density at radius 1 is 1.12 bits per heavy atom. The van der Waals surface area contributed by atoms with Gasteiger partial charge in [-0.2, -0.15) is 0 Å². The second-order valence-electron chi connectivity index (χ2n) is 4.42. The first-order chi connectivity index (χ1) is 7.45. The van der Waals surface area contributed by atoms with Crippen LogP contribution in [0.15, 0.2) is 0 Å². The molecule has 0 aromatic heterocycles. The lowest BCUT2D eigenvalue weighted by atomic mass is 9.98. The van der Waals surface area contributed by atoms with E-state index in [2.05, 4.69) is 18.4 Å². The molecular formula is C11H25O4P.